The number of halogens is 4. The second-order valence-electron chi connectivity index (χ2n) is 6.13. The number of aliphatic imine (C=N–C) groups is 1. The van der Waals surface area contributed by atoms with E-state index in [4.69, 9.17) is 11.6 Å². The lowest BCUT2D eigenvalue weighted by atomic mass is 10.2. The SMILES string of the molecule is CN=C(NCCCc1nnc2ccccn12)NCc1cc(Cl)ccc1OC(F)F.I. The van der Waals surface area contributed by atoms with Crippen molar-refractivity contribution >= 4 is 47.2 Å². The average molecular weight is 551 g/mol. The zero-order valence-electron chi connectivity index (χ0n) is 16.2. The van der Waals surface area contributed by atoms with Crippen molar-refractivity contribution in [1.82, 2.24) is 25.2 Å². The Morgan fingerprint density at radius 3 is 2.83 bits per heavy atom. The normalized spacial score (nSPS) is 11.4. The first-order valence-electron chi connectivity index (χ1n) is 9.03. The first-order valence-corrected chi connectivity index (χ1v) is 9.41. The standard InChI is InChI=1S/C19H21ClF2N6O.HI/c1-23-19(25-12-13-11-14(20)7-8-15(13)29-18(21)22)24-9-4-6-17-27-26-16-5-2-3-10-28(16)17;/h2-3,5,7-8,10-11,18H,4,6,9,12H2,1H3,(H2,23,24,25);1H. The van der Waals surface area contributed by atoms with E-state index < -0.39 is 6.61 Å². The summed E-state index contributed by atoms with van der Waals surface area (Å²) < 4.78 is 31.6. The monoisotopic (exact) mass is 550 g/mol. The molecule has 0 spiro atoms. The van der Waals surface area contributed by atoms with E-state index in [-0.39, 0.29) is 36.3 Å². The van der Waals surface area contributed by atoms with Gasteiger partial charge in [0.15, 0.2) is 11.6 Å². The number of nitrogens with one attached hydrogen (secondary N) is 2. The highest BCUT2D eigenvalue weighted by Crippen LogP contribution is 2.24. The van der Waals surface area contributed by atoms with Gasteiger partial charge in [0.2, 0.25) is 0 Å². The summed E-state index contributed by atoms with van der Waals surface area (Å²) in [5, 5.41) is 15.0. The van der Waals surface area contributed by atoms with Gasteiger partial charge < -0.3 is 15.4 Å². The number of nitrogens with zero attached hydrogens (tertiary/aromatic N) is 4. The van der Waals surface area contributed by atoms with Gasteiger partial charge in [0, 0.05) is 43.3 Å². The minimum absolute atomic E-state index is 0. The zero-order valence-corrected chi connectivity index (χ0v) is 19.3. The summed E-state index contributed by atoms with van der Waals surface area (Å²) in [7, 11) is 1.63. The molecule has 0 atom stereocenters. The minimum Gasteiger partial charge on any atom is -0.434 e. The van der Waals surface area contributed by atoms with Crippen molar-refractivity contribution in [2.75, 3.05) is 13.6 Å². The number of hydrogen-bond acceptors (Lipinski definition) is 4. The third-order valence-electron chi connectivity index (χ3n) is 4.16. The smallest absolute Gasteiger partial charge is 0.387 e. The molecule has 3 aromatic rings. The van der Waals surface area contributed by atoms with E-state index in [2.05, 4.69) is 30.6 Å². The van der Waals surface area contributed by atoms with Crippen LogP contribution in [0, 0.1) is 0 Å². The Kier molecular flexibility index (Phi) is 9.50. The summed E-state index contributed by atoms with van der Waals surface area (Å²) in [5.41, 5.74) is 1.33. The van der Waals surface area contributed by atoms with Crippen molar-refractivity contribution in [3.05, 3.63) is 59.0 Å². The van der Waals surface area contributed by atoms with Crippen LogP contribution in [0.15, 0.2) is 47.6 Å². The molecule has 0 aliphatic heterocycles. The number of fused-ring (bicyclic) bond motifs is 1. The highest BCUT2D eigenvalue weighted by atomic mass is 127. The molecule has 0 saturated heterocycles. The van der Waals surface area contributed by atoms with Crippen LogP contribution in [0.3, 0.4) is 0 Å². The molecule has 0 unspecified atom stereocenters. The molecule has 0 radical (unpaired) electrons. The molecule has 2 N–H and O–H groups in total. The van der Waals surface area contributed by atoms with E-state index in [1.54, 1.807) is 13.1 Å². The summed E-state index contributed by atoms with van der Waals surface area (Å²) >= 11 is 5.97. The van der Waals surface area contributed by atoms with Gasteiger partial charge in [0.1, 0.15) is 11.6 Å². The molecule has 30 heavy (non-hydrogen) atoms. The van der Waals surface area contributed by atoms with Gasteiger partial charge in [-0.15, -0.1) is 34.2 Å². The van der Waals surface area contributed by atoms with Crippen molar-refractivity contribution in [2.24, 2.45) is 4.99 Å². The number of benzene rings is 1. The second kappa shape index (κ2) is 11.8. The Hall–Kier alpha value is -2.21. The maximum atomic E-state index is 12.6. The van der Waals surface area contributed by atoms with Crippen LogP contribution in [0.2, 0.25) is 5.02 Å². The molecule has 11 heteroatoms. The number of guanidine groups is 1. The lowest BCUT2D eigenvalue weighted by Gasteiger charge is -2.15. The van der Waals surface area contributed by atoms with E-state index in [0.717, 1.165) is 24.3 Å². The van der Waals surface area contributed by atoms with E-state index in [9.17, 15) is 8.78 Å². The topological polar surface area (TPSA) is 75.8 Å². The highest BCUT2D eigenvalue weighted by molar-refractivity contribution is 14.0. The number of hydrogen-bond donors (Lipinski definition) is 2. The van der Waals surface area contributed by atoms with Crippen LogP contribution < -0.4 is 15.4 Å². The first-order chi connectivity index (χ1) is 14.1. The first kappa shape index (κ1) is 24.1. The molecule has 0 aliphatic rings. The molecule has 0 fully saturated rings. The molecule has 0 aliphatic carbocycles. The highest BCUT2D eigenvalue weighted by Gasteiger charge is 2.11. The van der Waals surface area contributed by atoms with Gasteiger partial charge in [0.25, 0.3) is 0 Å². The Bertz CT molecular complexity index is 985. The predicted molar refractivity (Wildman–Crippen MR) is 123 cm³/mol. The van der Waals surface area contributed by atoms with Crippen molar-refractivity contribution in [1.29, 1.82) is 0 Å². The van der Waals surface area contributed by atoms with E-state index in [0.29, 0.717) is 23.1 Å². The quantitative estimate of drug-likeness (QED) is 0.193. The number of aromatic nitrogens is 3. The minimum atomic E-state index is -2.90. The van der Waals surface area contributed by atoms with E-state index >= 15 is 0 Å². The lowest BCUT2D eigenvalue weighted by molar-refractivity contribution is -0.0504. The van der Waals surface area contributed by atoms with Crippen LogP contribution in [0.5, 0.6) is 5.75 Å². The lowest BCUT2D eigenvalue weighted by Crippen LogP contribution is -2.37. The molecule has 3 rings (SSSR count). The molecule has 7 nitrogen and oxygen atoms in total. The van der Waals surface area contributed by atoms with Crippen LogP contribution in [-0.4, -0.2) is 40.8 Å². The third kappa shape index (κ3) is 6.66. The van der Waals surface area contributed by atoms with Gasteiger partial charge in [-0.1, -0.05) is 17.7 Å². The summed E-state index contributed by atoms with van der Waals surface area (Å²) in [6, 6.07) is 10.3. The van der Waals surface area contributed by atoms with Gasteiger partial charge in [-0.25, -0.2) is 0 Å². The largest absolute Gasteiger partial charge is 0.434 e. The second-order valence-corrected chi connectivity index (χ2v) is 6.57. The Morgan fingerprint density at radius 1 is 1.23 bits per heavy atom. The van der Waals surface area contributed by atoms with Gasteiger partial charge in [0.05, 0.1) is 0 Å². The fourth-order valence-corrected chi connectivity index (χ4v) is 3.01. The molecule has 1 aromatic carbocycles. The number of pyridine rings is 1. The van der Waals surface area contributed by atoms with E-state index in [1.165, 1.54) is 12.1 Å². The molecule has 0 bridgehead atoms. The van der Waals surface area contributed by atoms with Crippen LogP contribution in [-0.2, 0) is 13.0 Å². The van der Waals surface area contributed by atoms with Crippen LogP contribution >= 0.6 is 35.6 Å². The van der Waals surface area contributed by atoms with Crippen molar-refractivity contribution in [3.8, 4) is 5.75 Å². The average Bonchev–Trinajstić information content (AvgIpc) is 3.12. The van der Waals surface area contributed by atoms with Crippen molar-refractivity contribution in [3.63, 3.8) is 0 Å². The molecule has 162 valence electrons. The Labute approximate surface area is 194 Å². The fourth-order valence-electron chi connectivity index (χ4n) is 2.81. The summed E-state index contributed by atoms with van der Waals surface area (Å²) in [6.07, 6.45) is 3.49. The molecule has 2 heterocycles. The summed E-state index contributed by atoms with van der Waals surface area (Å²) in [6.45, 7) is -2.02. The maximum absolute atomic E-state index is 12.6. The molecular weight excluding hydrogens is 529 g/mol. The molecule has 0 saturated carbocycles. The fraction of sp³-hybridized carbons (Fsp3) is 0.316. The third-order valence-corrected chi connectivity index (χ3v) is 4.40. The number of rotatable bonds is 8. The summed E-state index contributed by atoms with van der Waals surface area (Å²) in [4.78, 5) is 4.14. The Morgan fingerprint density at radius 2 is 2.07 bits per heavy atom. The molecule has 2 aromatic heterocycles. The zero-order chi connectivity index (χ0) is 20.6. The van der Waals surface area contributed by atoms with Crippen LogP contribution in [0.1, 0.15) is 17.8 Å². The van der Waals surface area contributed by atoms with Crippen LogP contribution in [0.25, 0.3) is 5.65 Å². The number of alkyl halides is 2. The van der Waals surface area contributed by atoms with Crippen molar-refractivity contribution < 1.29 is 13.5 Å². The predicted octanol–water partition coefficient (Wildman–Crippen LogP) is 3.90. The van der Waals surface area contributed by atoms with Gasteiger partial charge in [-0.05, 0) is 36.8 Å². The molecule has 0 amide bonds. The van der Waals surface area contributed by atoms with Crippen molar-refractivity contribution in [2.45, 2.75) is 26.0 Å². The Balaban J connectivity index is 0.00000320. The van der Waals surface area contributed by atoms with Gasteiger partial charge in [-0.2, -0.15) is 8.78 Å². The van der Waals surface area contributed by atoms with Gasteiger partial charge in [-0.3, -0.25) is 9.39 Å². The number of aryl methyl sites for hydroxylation is 1. The maximum Gasteiger partial charge on any atom is 0.387 e. The van der Waals surface area contributed by atoms with E-state index in [1.807, 2.05) is 28.8 Å². The number of ether oxygens (including phenoxy) is 1. The molecular formula is C19H22ClF2IN6O. The van der Waals surface area contributed by atoms with Crippen LogP contribution in [0.4, 0.5) is 8.78 Å². The van der Waals surface area contributed by atoms with Gasteiger partial charge >= 0.3 is 6.61 Å². The summed E-state index contributed by atoms with van der Waals surface area (Å²) in [5.74, 6) is 1.50.